The minimum absolute atomic E-state index is 0.110. The van der Waals surface area contributed by atoms with Crippen molar-refractivity contribution < 1.29 is 13.2 Å². The van der Waals surface area contributed by atoms with Crippen molar-refractivity contribution in [2.24, 2.45) is 11.7 Å². The molecule has 6 nitrogen and oxygen atoms in total. The van der Waals surface area contributed by atoms with Crippen molar-refractivity contribution in [1.82, 2.24) is 10.0 Å². The van der Waals surface area contributed by atoms with Crippen LogP contribution in [-0.2, 0) is 21.4 Å². The summed E-state index contributed by atoms with van der Waals surface area (Å²) in [4.78, 5) is 12.6. The molecule has 1 aromatic heterocycles. The second-order valence-electron chi connectivity index (χ2n) is 4.56. The van der Waals surface area contributed by atoms with Crippen LogP contribution in [-0.4, -0.2) is 27.4 Å². The van der Waals surface area contributed by atoms with E-state index in [1.165, 1.54) is 13.1 Å². The fourth-order valence-electron chi connectivity index (χ4n) is 1.50. The number of hydrogen-bond donors (Lipinski definition) is 3. The summed E-state index contributed by atoms with van der Waals surface area (Å²) >= 11 is 1.13. The Balaban J connectivity index is 2.61. The standard InChI is InChI=1S/C12H21N3O3S2/c1-4-8(2)11(13)12(16)15-7-9-5-6-10(19-9)20(17,18)14-3/h5-6,8,11,14H,4,7,13H2,1-3H3,(H,15,16). The first-order valence-electron chi connectivity index (χ1n) is 6.37. The van der Waals surface area contributed by atoms with Gasteiger partial charge in [-0.3, -0.25) is 4.79 Å². The number of hydrogen-bond acceptors (Lipinski definition) is 5. The highest BCUT2D eigenvalue weighted by molar-refractivity contribution is 7.91. The smallest absolute Gasteiger partial charge is 0.249 e. The molecule has 0 radical (unpaired) electrons. The summed E-state index contributed by atoms with van der Waals surface area (Å²) in [6.07, 6.45) is 0.831. The van der Waals surface area contributed by atoms with Crippen molar-refractivity contribution in [3.05, 3.63) is 17.0 Å². The van der Waals surface area contributed by atoms with Crippen molar-refractivity contribution in [3.8, 4) is 0 Å². The third-order valence-corrected chi connectivity index (χ3v) is 6.16. The van der Waals surface area contributed by atoms with Crippen molar-refractivity contribution in [1.29, 1.82) is 0 Å². The molecule has 2 atom stereocenters. The molecule has 0 spiro atoms. The van der Waals surface area contributed by atoms with Gasteiger partial charge >= 0.3 is 0 Å². The number of thiophene rings is 1. The van der Waals surface area contributed by atoms with Gasteiger partial charge in [-0.25, -0.2) is 13.1 Å². The third kappa shape index (κ3) is 4.27. The first-order valence-corrected chi connectivity index (χ1v) is 8.67. The number of amides is 1. The van der Waals surface area contributed by atoms with Crippen molar-refractivity contribution >= 4 is 27.3 Å². The van der Waals surface area contributed by atoms with Crippen LogP contribution in [0.15, 0.2) is 16.3 Å². The molecule has 1 aromatic rings. The van der Waals surface area contributed by atoms with Gasteiger partial charge in [-0.05, 0) is 25.1 Å². The first-order chi connectivity index (χ1) is 9.31. The molecule has 0 aromatic carbocycles. The van der Waals surface area contributed by atoms with Gasteiger partial charge in [0.1, 0.15) is 4.21 Å². The van der Waals surface area contributed by atoms with Crippen LogP contribution in [0.1, 0.15) is 25.1 Å². The third-order valence-electron chi connectivity index (χ3n) is 3.17. The minimum Gasteiger partial charge on any atom is -0.350 e. The van der Waals surface area contributed by atoms with Crippen LogP contribution in [0.5, 0.6) is 0 Å². The normalized spacial score (nSPS) is 14.8. The molecule has 114 valence electrons. The molecule has 1 heterocycles. The Bertz CT molecular complexity index is 554. The van der Waals surface area contributed by atoms with Crippen molar-refractivity contribution in [2.75, 3.05) is 7.05 Å². The topological polar surface area (TPSA) is 101 Å². The van der Waals surface area contributed by atoms with E-state index in [1.807, 2.05) is 13.8 Å². The molecular weight excluding hydrogens is 298 g/mol. The summed E-state index contributed by atoms with van der Waals surface area (Å²) in [6, 6.07) is 2.66. The number of rotatable bonds is 7. The number of sulfonamides is 1. The largest absolute Gasteiger partial charge is 0.350 e. The molecule has 4 N–H and O–H groups in total. The molecule has 8 heteroatoms. The molecule has 0 saturated carbocycles. The monoisotopic (exact) mass is 319 g/mol. The number of carbonyl (C=O) groups excluding carboxylic acids is 1. The Morgan fingerprint density at radius 1 is 1.45 bits per heavy atom. The van der Waals surface area contributed by atoms with E-state index < -0.39 is 16.1 Å². The average Bonchev–Trinajstić information content (AvgIpc) is 2.92. The van der Waals surface area contributed by atoms with Crippen LogP contribution in [0.4, 0.5) is 0 Å². The molecule has 0 aliphatic heterocycles. The fraction of sp³-hybridized carbons (Fsp3) is 0.583. The van der Waals surface area contributed by atoms with Gasteiger partial charge in [0, 0.05) is 4.88 Å². The maximum absolute atomic E-state index is 11.8. The van der Waals surface area contributed by atoms with Gasteiger partial charge in [-0.1, -0.05) is 20.3 Å². The first kappa shape index (κ1) is 17.1. The van der Waals surface area contributed by atoms with Gasteiger partial charge < -0.3 is 11.1 Å². The SMILES string of the molecule is CCC(C)C(N)C(=O)NCc1ccc(S(=O)(=O)NC)s1. The summed E-state index contributed by atoms with van der Waals surface area (Å²) in [5.74, 6) is -0.107. The zero-order valence-corrected chi connectivity index (χ0v) is 13.5. The van der Waals surface area contributed by atoms with Gasteiger partial charge in [0.15, 0.2) is 0 Å². The van der Waals surface area contributed by atoms with Crippen LogP contribution >= 0.6 is 11.3 Å². The number of carbonyl (C=O) groups is 1. The lowest BCUT2D eigenvalue weighted by molar-refractivity contribution is -0.123. The number of nitrogens with two attached hydrogens (primary N) is 1. The van der Waals surface area contributed by atoms with Gasteiger partial charge in [0.25, 0.3) is 0 Å². The Morgan fingerprint density at radius 2 is 2.10 bits per heavy atom. The van der Waals surface area contributed by atoms with Crippen LogP contribution < -0.4 is 15.8 Å². The van der Waals surface area contributed by atoms with Crippen LogP contribution in [0.25, 0.3) is 0 Å². The highest BCUT2D eigenvalue weighted by Crippen LogP contribution is 2.21. The quantitative estimate of drug-likeness (QED) is 0.686. The molecule has 0 aliphatic carbocycles. The molecule has 0 saturated heterocycles. The van der Waals surface area contributed by atoms with Gasteiger partial charge in [0.05, 0.1) is 12.6 Å². The minimum atomic E-state index is -3.42. The molecule has 20 heavy (non-hydrogen) atoms. The van der Waals surface area contributed by atoms with E-state index in [0.29, 0.717) is 0 Å². The highest BCUT2D eigenvalue weighted by atomic mass is 32.2. The van der Waals surface area contributed by atoms with E-state index in [2.05, 4.69) is 10.0 Å². The van der Waals surface area contributed by atoms with Crippen molar-refractivity contribution in [2.45, 2.75) is 37.1 Å². The second kappa shape index (κ2) is 7.16. The van der Waals surface area contributed by atoms with Crippen LogP contribution in [0.3, 0.4) is 0 Å². The molecular formula is C12H21N3O3S2. The van der Waals surface area contributed by atoms with E-state index in [9.17, 15) is 13.2 Å². The lowest BCUT2D eigenvalue weighted by atomic mass is 9.99. The van der Waals surface area contributed by atoms with Crippen LogP contribution in [0, 0.1) is 5.92 Å². The van der Waals surface area contributed by atoms with E-state index in [0.717, 1.165) is 22.6 Å². The Kier molecular flexibility index (Phi) is 6.12. The predicted molar refractivity (Wildman–Crippen MR) is 79.8 cm³/mol. The molecule has 0 aliphatic rings. The summed E-state index contributed by atoms with van der Waals surface area (Å²) in [5.41, 5.74) is 5.82. The summed E-state index contributed by atoms with van der Waals surface area (Å²) < 4.78 is 25.6. The summed E-state index contributed by atoms with van der Waals surface area (Å²) in [5, 5.41) is 2.73. The van der Waals surface area contributed by atoms with E-state index >= 15 is 0 Å². The van der Waals surface area contributed by atoms with E-state index in [-0.39, 0.29) is 22.6 Å². The molecule has 0 fully saturated rings. The summed E-state index contributed by atoms with van der Waals surface area (Å²) in [7, 11) is -2.06. The second-order valence-corrected chi connectivity index (χ2v) is 7.84. The van der Waals surface area contributed by atoms with E-state index in [4.69, 9.17) is 5.73 Å². The Hall–Kier alpha value is -0.960. The Morgan fingerprint density at radius 3 is 2.65 bits per heavy atom. The molecule has 2 unspecified atom stereocenters. The van der Waals surface area contributed by atoms with Crippen molar-refractivity contribution in [3.63, 3.8) is 0 Å². The molecule has 0 bridgehead atoms. The van der Waals surface area contributed by atoms with Gasteiger partial charge in [0.2, 0.25) is 15.9 Å². The molecule has 1 rings (SSSR count). The maximum atomic E-state index is 11.8. The van der Waals surface area contributed by atoms with Gasteiger partial charge in [-0.15, -0.1) is 11.3 Å². The predicted octanol–water partition coefficient (Wildman–Crippen LogP) is 0.646. The lowest BCUT2D eigenvalue weighted by Crippen LogP contribution is -2.44. The molecule has 1 amide bonds. The zero-order chi connectivity index (χ0) is 15.3. The van der Waals surface area contributed by atoms with E-state index in [1.54, 1.807) is 6.07 Å². The Labute approximate surface area is 123 Å². The zero-order valence-electron chi connectivity index (χ0n) is 11.8. The number of nitrogens with one attached hydrogen (secondary N) is 2. The van der Waals surface area contributed by atoms with Gasteiger partial charge in [-0.2, -0.15) is 0 Å². The summed E-state index contributed by atoms with van der Waals surface area (Å²) in [6.45, 7) is 4.19. The average molecular weight is 319 g/mol. The fourth-order valence-corrected chi connectivity index (χ4v) is 3.64. The highest BCUT2D eigenvalue weighted by Gasteiger charge is 2.19. The lowest BCUT2D eigenvalue weighted by Gasteiger charge is -2.17. The maximum Gasteiger partial charge on any atom is 0.249 e. The van der Waals surface area contributed by atoms with Crippen LogP contribution in [0.2, 0.25) is 0 Å².